The van der Waals surface area contributed by atoms with Gasteiger partial charge in [-0.25, -0.2) is 9.98 Å². The summed E-state index contributed by atoms with van der Waals surface area (Å²) in [7, 11) is 0. The van der Waals surface area contributed by atoms with Gasteiger partial charge in [0.2, 0.25) is 11.8 Å². The average Bonchev–Trinajstić information content (AvgIpc) is 3.34. The molecular formula is C18H19N5O. The molecule has 2 saturated carbocycles. The maximum Gasteiger partial charge on any atom is 0.238 e. The van der Waals surface area contributed by atoms with Gasteiger partial charge in [-0.15, -0.1) is 0 Å². The molecule has 5 rings (SSSR count). The number of hydrogen-bond acceptors (Lipinski definition) is 5. The first-order valence-electron chi connectivity index (χ1n) is 8.53. The number of hydrogen-bond donors (Lipinski definition) is 3. The fourth-order valence-electron chi connectivity index (χ4n) is 4.34. The maximum atomic E-state index is 10.2. The van der Waals surface area contributed by atoms with Gasteiger partial charge in [0.1, 0.15) is 5.69 Å². The zero-order valence-corrected chi connectivity index (χ0v) is 13.2. The largest absolute Gasteiger partial charge is 0.492 e. The third-order valence-corrected chi connectivity index (χ3v) is 5.50. The van der Waals surface area contributed by atoms with Crippen LogP contribution in [0.5, 0.6) is 5.88 Å². The molecule has 6 heteroatoms. The highest BCUT2D eigenvalue weighted by molar-refractivity contribution is 6.20. The molecule has 3 aliphatic rings. The van der Waals surface area contributed by atoms with Crippen molar-refractivity contribution < 1.29 is 5.11 Å². The number of aliphatic imine (C=N–C) groups is 1. The number of rotatable bonds is 3. The van der Waals surface area contributed by atoms with Gasteiger partial charge in [-0.1, -0.05) is 6.42 Å². The second-order valence-corrected chi connectivity index (χ2v) is 6.98. The van der Waals surface area contributed by atoms with Gasteiger partial charge in [0.15, 0.2) is 5.82 Å². The van der Waals surface area contributed by atoms with E-state index in [1.807, 2.05) is 18.2 Å². The maximum absolute atomic E-state index is 10.2. The summed E-state index contributed by atoms with van der Waals surface area (Å²) in [4.78, 5) is 16.0. The van der Waals surface area contributed by atoms with Gasteiger partial charge in [-0.3, -0.25) is 0 Å². The molecule has 0 saturated heterocycles. The Morgan fingerprint density at radius 3 is 3.08 bits per heavy atom. The normalized spacial score (nSPS) is 28.7. The smallest absolute Gasteiger partial charge is 0.238 e. The summed E-state index contributed by atoms with van der Waals surface area (Å²) in [5.74, 6) is 3.00. The molecule has 2 aromatic rings. The number of imidazole rings is 1. The van der Waals surface area contributed by atoms with Crippen LogP contribution in [0.1, 0.15) is 36.9 Å². The summed E-state index contributed by atoms with van der Waals surface area (Å²) in [6, 6.07) is 4.34. The molecule has 0 aromatic carbocycles. The van der Waals surface area contributed by atoms with E-state index in [-0.39, 0.29) is 5.88 Å². The highest BCUT2D eigenvalue weighted by Gasteiger charge is 2.39. The van der Waals surface area contributed by atoms with Crippen molar-refractivity contribution in [2.45, 2.75) is 31.7 Å². The minimum absolute atomic E-state index is 0.0129. The van der Waals surface area contributed by atoms with Crippen LogP contribution in [0.2, 0.25) is 0 Å². The summed E-state index contributed by atoms with van der Waals surface area (Å²) in [5, 5.41) is 13.6. The number of allylic oxidation sites excluding steroid dienone is 1. The standard InChI is InChI=1S/C18H19N5O/c24-17-15(8-12-9-20-16-13(12)2-1-5-19-16)22-18(23-17)21-14-7-10-3-4-11(14)6-10/h1-2,5,8-11,14,24H,3-4,6-7H2,(H2,21,22,23)/t10-,11+,14-/m1/s1. The molecule has 122 valence electrons. The molecule has 1 aliphatic heterocycles. The lowest BCUT2D eigenvalue weighted by atomic mass is 9.95. The van der Waals surface area contributed by atoms with Crippen LogP contribution >= 0.6 is 0 Å². The monoisotopic (exact) mass is 321 g/mol. The Bertz CT molecular complexity index is 853. The number of anilines is 1. The molecular weight excluding hydrogens is 302 g/mol. The Balaban J connectivity index is 1.39. The third kappa shape index (κ3) is 2.21. The summed E-state index contributed by atoms with van der Waals surface area (Å²) in [6.45, 7) is 0. The second kappa shape index (κ2) is 5.19. The quantitative estimate of drug-likeness (QED) is 0.809. The van der Waals surface area contributed by atoms with Crippen LogP contribution in [-0.4, -0.2) is 32.3 Å². The Hall–Kier alpha value is -2.63. The number of nitrogens with zero attached hydrogens (tertiary/aromatic N) is 3. The van der Waals surface area contributed by atoms with E-state index in [4.69, 9.17) is 0 Å². The van der Waals surface area contributed by atoms with Gasteiger partial charge in [0, 0.05) is 29.6 Å². The van der Waals surface area contributed by atoms with Crippen LogP contribution in [0.4, 0.5) is 11.8 Å². The van der Waals surface area contributed by atoms with E-state index in [1.54, 1.807) is 12.4 Å². The minimum Gasteiger partial charge on any atom is -0.492 e. The van der Waals surface area contributed by atoms with Gasteiger partial charge in [0.25, 0.3) is 0 Å². The molecule has 2 aliphatic carbocycles. The van der Waals surface area contributed by atoms with Crippen molar-refractivity contribution in [2.75, 3.05) is 5.32 Å². The van der Waals surface area contributed by atoms with E-state index in [2.05, 4.69) is 25.3 Å². The van der Waals surface area contributed by atoms with Gasteiger partial charge < -0.3 is 15.4 Å². The van der Waals surface area contributed by atoms with Crippen LogP contribution in [-0.2, 0) is 0 Å². The summed E-state index contributed by atoms with van der Waals surface area (Å²) in [6.07, 6.45) is 10.6. The molecule has 3 N–H and O–H groups in total. The fraction of sp³-hybridized carbons (Fsp3) is 0.389. The molecule has 0 amide bonds. The van der Waals surface area contributed by atoms with Gasteiger partial charge in [-0.2, -0.15) is 4.98 Å². The van der Waals surface area contributed by atoms with E-state index in [0.717, 1.165) is 23.0 Å². The number of aromatic amines is 1. The Morgan fingerprint density at radius 1 is 1.29 bits per heavy atom. The fourth-order valence-corrected chi connectivity index (χ4v) is 4.34. The molecule has 3 atom stereocenters. The van der Waals surface area contributed by atoms with Crippen LogP contribution in [0.25, 0.3) is 11.6 Å². The Labute approximate surface area is 139 Å². The highest BCUT2D eigenvalue weighted by atomic mass is 16.3. The molecule has 0 spiro atoms. The van der Waals surface area contributed by atoms with Crippen molar-refractivity contribution in [1.82, 2.24) is 15.0 Å². The molecule has 2 bridgehead atoms. The molecule has 0 unspecified atom stereocenters. The SMILES string of the molecule is Oc1nc(N[C@@H]2C[C@@H]3CC[C@H]2C3)[nH]c1C=C1C=Nc2ncccc21. The van der Waals surface area contributed by atoms with Crippen LogP contribution in [0, 0.1) is 11.8 Å². The highest BCUT2D eigenvalue weighted by Crippen LogP contribution is 2.45. The first kappa shape index (κ1) is 13.8. The predicted molar refractivity (Wildman–Crippen MR) is 93.4 cm³/mol. The first-order chi connectivity index (χ1) is 11.8. The molecule has 6 nitrogen and oxygen atoms in total. The lowest BCUT2D eigenvalue weighted by Crippen LogP contribution is -2.26. The van der Waals surface area contributed by atoms with E-state index in [1.165, 1.54) is 25.7 Å². The Morgan fingerprint density at radius 2 is 2.25 bits per heavy atom. The Kier molecular flexibility index (Phi) is 2.98. The molecule has 2 fully saturated rings. The average molecular weight is 321 g/mol. The zero-order valence-electron chi connectivity index (χ0n) is 13.2. The molecule has 2 aromatic heterocycles. The van der Waals surface area contributed by atoms with Crippen molar-refractivity contribution in [1.29, 1.82) is 0 Å². The van der Waals surface area contributed by atoms with Gasteiger partial charge in [-0.05, 0) is 49.3 Å². The van der Waals surface area contributed by atoms with E-state index in [0.29, 0.717) is 23.5 Å². The van der Waals surface area contributed by atoms with Gasteiger partial charge >= 0.3 is 0 Å². The summed E-state index contributed by atoms with van der Waals surface area (Å²) in [5.41, 5.74) is 2.48. The van der Waals surface area contributed by atoms with E-state index < -0.39 is 0 Å². The van der Waals surface area contributed by atoms with Crippen LogP contribution < -0.4 is 5.32 Å². The lowest BCUT2D eigenvalue weighted by Gasteiger charge is -2.22. The lowest BCUT2D eigenvalue weighted by molar-refractivity contribution is 0.436. The van der Waals surface area contributed by atoms with E-state index >= 15 is 0 Å². The third-order valence-electron chi connectivity index (χ3n) is 5.50. The van der Waals surface area contributed by atoms with Gasteiger partial charge in [0.05, 0.1) is 0 Å². The zero-order chi connectivity index (χ0) is 16.1. The molecule has 0 radical (unpaired) electrons. The minimum atomic E-state index is 0.0129. The predicted octanol–water partition coefficient (Wildman–Crippen LogP) is 3.37. The van der Waals surface area contributed by atoms with Crippen molar-refractivity contribution >= 4 is 29.6 Å². The van der Waals surface area contributed by atoms with Crippen molar-refractivity contribution in [3.63, 3.8) is 0 Å². The number of nitrogens with one attached hydrogen (secondary N) is 2. The number of aromatic hydroxyl groups is 1. The summed E-state index contributed by atoms with van der Waals surface area (Å²) < 4.78 is 0. The van der Waals surface area contributed by atoms with Crippen LogP contribution in [0.15, 0.2) is 23.3 Å². The second-order valence-electron chi connectivity index (χ2n) is 6.98. The number of aromatic nitrogens is 3. The topological polar surface area (TPSA) is 86.2 Å². The first-order valence-corrected chi connectivity index (χ1v) is 8.53. The molecule has 3 heterocycles. The van der Waals surface area contributed by atoms with E-state index in [9.17, 15) is 5.11 Å². The molecule has 24 heavy (non-hydrogen) atoms. The number of fused-ring (bicyclic) bond motifs is 3. The summed E-state index contributed by atoms with van der Waals surface area (Å²) >= 11 is 0. The van der Waals surface area contributed by atoms with Crippen molar-refractivity contribution in [2.24, 2.45) is 16.8 Å². The van der Waals surface area contributed by atoms with Crippen LogP contribution in [0.3, 0.4) is 0 Å². The number of pyridine rings is 1. The van der Waals surface area contributed by atoms with Crippen molar-refractivity contribution in [3.8, 4) is 5.88 Å². The number of H-pyrrole nitrogens is 1. The van der Waals surface area contributed by atoms with Crippen molar-refractivity contribution in [3.05, 3.63) is 29.6 Å².